The van der Waals surface area contributed by atoms with E-state index in [4.69, 9.17) is 23.8 Å². The first-order valence-corrected chi connectivity index (χ1v) is 17.4. The van der Waals surface area contributed by atoms with Crippen molar-refractivity contribution in [2.45, 2.75) is 0 Å². The maximum absolute atomic E-state index is 6.48. The molecule has 5 nitrogen and oxygen atoms in total. The molecule has 3 aromatic heterocycles. The summed E-state index contributed by atoms with van der Waals surface area (Å²) < 4.78 is 13.0. The summed E-state index contributed by atoms with van der Waals surface area (Å²) in [6.45, 7) is 0. The fourth-order valence-electron chi connectivity index (χ4n) is 7.71. The second-order valence-electron chi connectivity index (χ2n) is 13.1. The van der Waals surface area contributed by atoms with Crippen LogP contribution in [0.2, 0.25) is 0 Å². The van der Waals surface area contributed by atoms with Crippen LogP contribution in [0.15, 0.2) is 173 Å². The Balaban J connectivity index is 1.21. The zero-order chi connectivity index (χ0) is 34.2. The largest absolute Gasteiger partial charge is 0.456 e. The van der Waals surface area contributed by atoms with E-state index in [9.17, 15) is 0 Å². The molecular weight excluding hydrogens is 639 g/mol. The van der Waals surface area contributed by atoms with Gasteiger partial charge in [-0.05, 0) is 57.6 Å². The van der Waals surface area contributed by atoms with Gasteiger partial charge in [-0.25, -0.2) is 15.0 Å². The highest BCUT2D eigenvalue weighted by Gasteiger charge is 2.21. The fraction of sp³-hybridized carbons (Fsp3) is 0. The smallest absolute Gasteiger partial charge is 0.164 e. The molecular formula is C47H27N3O2. The summed E-state index contributed by atoms with van der Waals surface area (Å²) in [6, 6.07) is 56.2. The zero-order valence-corrected chi connectivity index (χ0v) is 27.7. The van der Waals surface area contributed by atoms with E-state index in [0.717, 1.165) is 93.2 Å². The van der Waals surface area contributed by atoms with Crippen LogP contribution >= 0.6 is 0 Å². The summed E-state index contributed by atoms with van der Waals surface area (Å²) in [5.74, 6) is 1.78. The maximum Gasteiger partial charge on any atom is 0.164 e. The van der Waals surface area contributed by atoms with Gasteiger partial charge in [0.2, 0.25) is 0 Å². The average molecular weight is 666 g/mol. The molecule has 0 saturated heterocycles. The predicted octanol–water partition coefficient (Wildman–Crippen LogP) is 12.6. The van der Waals surface area contributed by atoms with Crippen molar-refractivity contribution in [2.75, 3.05) is 0 Å². The molecule has 0 aliphatic rings. The van der Waals surface area contributed by atoms with Crippen molar-refractivity contribution < 1.29 is 8.83 Å². The quantitative estimate of drug-likeness (QED) is 0.175. The Labute approximate surface area is 297 Å². The topological polar surface area (TPSA) is 65.0 Å². The van der Waals surface area contributed by atoms with Crippen LogP contribution in [0, 0.1) is 0 Å². The molecule has 8 aromatic carbocycles. The van der Waals surface area contributed by atoms with Crippen LogP contribution in [0.4, 0.5) is 0 Å². The highest BCUT2D eigenvalue weighted by molar-refractivity contribution is 6.30. The van der Waals surface area contributed by atoms with Crippen LogP contribution in [-0.4, -0.2) is 15.0 Å². The summed E-state index contributed by atoms with van der Waals surface area (Å²) in [7, 11) is 0. The zero-order valence-electron chi connectivity index (χ0n) is 27.7. The minimum absolute atomic E-state index is 0.583. The minimum atomic E-state index is 0.583. The Morgan fingerprint density at radius 3 is 1.63 bits per heavy atom. The summed E-state index contributed by atoms with van der Waals surface area (Å²) >= 11 is 0. The number of hydrogen-bond acceptors (Lipinski definition) is 5. The first-order chi connectivity index (χ1) is 25.8. The average Bonchev–Trinajstić information content (AvgIpc) is 3.80. The van der Waals surface area contributed by atoms with Gasteiger partial charge in [-0.15, -0.1) is 0 Å². The number of para-hydroxylation sites is 2. The molecule has 0 atom stereocenters. The normalized spacial score (nSPS) is 11.8. The standard InChI is InChI=1S/C47H27N3O2/c1-3-13-28(14-4-1)31-26-38(42-35-19-9-11-21-39(35)51-41(42)27-31)47-49-45(29-15-5-2-6-16-29)48-46(50-47)30-23-24-33-37(25-30)32-17-7-8-18-34(32)44-43(33)36-20-10-12-22-40(36)52-44/h1-27H. The molecule has 242 valence electrons. The van der Waals surface area contributed by atoms with Crippen LogP contribution in [0.5, 0.6) is 0 Å². The van der Waals surface area contributed by atoms with Crippen LogP contribution in [0.3, 0.4) is 0 Å². The Kier molecular flexibility index (Phi) is 6.18. The van der Waals surface area contributed by atoms with Crippen molar-refractivity contribution >= 4 is 65.4 Å². The Morgan fingerprint density at radius 1 is 0.308 bits per heavy atom. The number of hydrogen-bond donors (Lipinski definition) is 0. The van der Waals surface area contributed by atoms with Gasteiger partial charge < -0.3 is 8.83 Å². The predicted molar refractivity (Wildman–Crippen MR) is 211 cm³/mol. The van der Waals surface area contributed by atoms with Crippen molar-refractivity contribution in [3.8, 4) is 45.3 Å². The number of aromatic nitrogens is 3. The van der Waals surface area contributed by atoms with Gasteiger partial charge in [0.15, 0.2) is 17.5 Å². The summed E-state index contributed by atoms with van der Waals surface area (Å²) in [4.78, 5) is 15.6. The maximum atomic E-state index is 6.48. The van der Waals surface area contributed by atoms with E-state index < -0.39 is 0 Å². The molecule has 3 heterocycles. The molecule has 11 rings (SSSR count). The van der Waals surface area contributed by atoms with Gasteiger partial charge in [0, 0.05) is 43.6 Å². The SMILES string of the molecule is c1ccc(-c2cc(-c3nc(-c4ccccc4)nc(-c4ccc5c(c4)c4ccccc4c4oc6ccccc6c54)n3)c3c(c2)oc2ccccc23)cc1. The monoisotopic (exact) mass is 665 g/mol. The number of rotatable bonds is 4. The highest BCUT2D eigenvalue weighted by atomic mass is 16.3. The Bertz CT molecular complexity index is 3180. The van der Waals surface area contributed by atoms with Crippen LogP contribution in [-0.2, 0) is 0 Å². The van der Waals surface area contributed by atoms with Crippen molar-refractivity contribution in [2.24, 2.45) is 0 Å². The van der Waals surface area contributed by atoms with E-state index in [-0.39, 0.29) is 0 Å². The van der Waals surface area contributed by atoms with E-state index in [0.29, 0.717) is 17.5 Å². The molecule has 0 aliphatic heterocycles. The van der Waals surface area contributed by atoms with Crippen molar-refractivity contribution in [3.63, 3.8) is 0 Å². The second-order valence-corrected chi connectivity index (χ2v) is 13.1. The Hall–Kier alpha value is -7.11. The van der Waals surface area contributed by atoms with Crippen LogP contribution in [0.1, 0.15) is 0 Å². The minimum Gasteiger partial charge on any atom is -0.456 e. The summed E-state index contributed by atoms with van der Waals surface area (Å²) in [5, 5.41) is 8.65. The lowest BCUT2D eigenvalue weighted by molar-refractivity contribution is 0.669. The molecule has 0 spiro atoms. The molecule has 0 unspecified atom stereocenters. The third kappa shape index (κ3) is 4.39. The van der Waals surface area contributed by atoms with Gasteiger partial charge >= 0.3 is 0 Å². The molecule has 0 bridgehead atoms. The number of benzene rings is 8. The van der Waals surface area contributed by atoms with E-state index >= 15 is 0 Å². The number of nitrogens with zero attached hydrogens (tertiary/aromatic N) is 3. The van der Waals surface area contributed by atoms with Crippen LogP contribution in [0.25, 0.3) is 111 Å². The molecule has 5 heteroatoms. The lowest BCUT2D eigenvalue weighted by Gasteiger charge is -2.12. The van der Waals surface area contributed by atoms with Gasteiger partial charge in [-0.3, -0.25) is 0 Å². The highest BCUT2D eigenvalue weighted by Crippen LogP contribution is 2.43. The van der Waals surface area contributed by atoms with E-state index in [1.807, 2.05) is 66.7 Å². The van der Waals surface area contributed by atoms with E-state index in [1.165, 1.54) is 0 Å². The molecule has 0 radical (unpaired) electrons. The molecule has 11 aromatic rings. The summed E-state index contributed by atoms with van der Waals surface area (Å²) in [5.41, 5.74) is 8.21. The van der Waals surface area contributed by atoms with Crippen molar-refractivity contribution in [1.29, 1.82) is 0 Å². The second kappa shape index (κ2) is 11.2. The van der Waals surface area contributed by atoms with Crippen molar-refractivity contribution in [1.82, 2.24) is 15.0 Å². The van der Waals surface area contributed by atoms with E-state index in [1.54, 1.807) is 0 Å². The van der Waals surface area contributed by atoms with Gasteiger partial charge in [0.1, 0.15) is 22.3 Å². The van der Waals surface area contributed by atoms with Gasteiger partial charge in [0.25, 0.3) is 0 Å². The van der Waals surface area contributed by atoms with Gasteiger partial charge in [-0.1, -0.05) is 133 Å². The molecule has 0 fully saturated rings. The first-order valence-electron chi connectivity index (χ1n) is 17.4. The molecule has 52 heavy (non-hydrogen) atoms. The van der Waals surface area contributed by atoms with Gasteiger partial charge in [-0.2, -0.15) is 0 Å². The fourth-order valence-corrected chi connectivity index (χ4v) is 7.71. The molecule has 0 amide bonds. The molecule has 0 aliphatic carbocycles. The third-order valence-electron chi connectivity index (χ3n) is 10.1. The van der Waals surface area contributed by atoms with Crippen LogP contribution < -0.4 is 0 Å². The number of furan rings is 2. The lowest BCUT2D eigenvalue weighted by Crippen LogP contribution is -2.01. The summed E-state index contributed by atoms with van der Waals surface area (Å²) in [6.07, 6.45) is 0. The van der Waals surface area contributed by atoms with Crippen molar-refractivity contribution in [3.05, 3.63) is 164 Å². The Morgan fingerprint density at radius 2 is 0.885 bits per heavy atom. The molecule has 0 saturated carbocycles. The van der Waals surface area contributed by atoms with E-state index in [2.05, 4.69) is 97.1 Å². The lowest BCUT2D eigenvalue weighted by atomic mass is 9.95. The number of fused-ring (bicyclic) bond motifs is 11. The third-order valence-corrected chi connectivity index (χ3v) is 10.1. The van der Waals surface area contributed by atoms with Gasteiger partial charge in [0.05, 0.1) is 0 Å². The first kappa shape index (κ1) is 28.7. The molecule has 0 N–H and O–H groups in total.